The molecule has 4 unspecified atom stereocenters. The highest BCUT2D eigenvalue weighted by Gasteiger charge is 2.74. The fourth-order valence-electron chi connectivity index (χ4n) is 8.37. The lowest BCUT2D eigenvalue weighted by Crippen LogP contribution is -2.66. The van der Waals surface area contributed by atoms with Gasteiger partial charge < -0.3 is 0 Å². The van der Waals surface area contributed by atoms with Crippen molar-refractivity contribution >= 4 is 11.1 Å². The first-order chi connectivity index (χ1) is 19.7. The summed E-state index contributed by atoms with van der Waals surface area (Å²) in [6.07, 6.45) is 15.8. The zero-order valence-corrected chi connectivity index (χ0v) is 21.6. The van der Waals surface area contributed by atoms with Gasteiger partial charge in [0.05, 0.1) is 24.3 Å². The highest BCUT2D eigenvalue weighted by molar-refractivity contribution is 5.86. The van der Waals surface area contributed by atoms with Gasteiger partial charge in [-0.05, 0) is 45.3 Å². The number of allylic oxidation sites excluding steroid dienone is 12. The Morgan fingerprint density at radius 1 is 0.500 bits per heavy atom. The smallest absolute Gasteiger partial charge is 0.157 e. The van der Waals surface area contributed by atoms with Crippen molar-refractivity contribution in [2.45, 2.75) is 0 Å². The zero-order chi connectivity index (χ0) is 27.5. The van der Waals surface area contributed by atoms with Gasteiger partial charge in [-0.1, -0.05) is 109 Å². The van der Waals surface area contributed by atoms with Crippen molar-refractivity contribution in [3.8, 4) is 24.3 Å². The molecule has 0 spiro atoms. The van der Waals surface area contributed by atoms with Gasteiger partial charge in [0.15, 0.2) is 10.8 Å². The third kappa shape index (κ3) is 2.81. The predicted octanol–water partition coefficient (Wildman–Crippen LogP) is 6.95. The summed E-state index contributed by atoms with van der Waals surface area (Å²) in [5, 5.41) is 43.3. The fraction of sp³-hybridized carbons (Fsp3) is 0.222. The van der Waals surface area contributed by atoms with Crippen molar-refractivity contribution in [3.63, 3.8) is 0 Å². The van der Waals surface area contributed by atoms with Gasteiger partial charge in [0, 0.05) is 23.7 Å². The largest absolute Gasteiger partial charge is 0.197 e. The Labute approximate surface area is 234 Å². The van der Waals surface area contributed by atoms with Crippen LogP contribution in [0, 0.1) is 91.7 Å². The lowest BCUT2D eigenvalue weighted by atomic mass is 9.32. The van der Waals surface area contributed by atoms with Crippen molar-refractivity contribution in [2.24, 2.45) is 46.3 Å². The number of benzene rings is 2. The van der Waals surface area contributed by atoms with Gasteiger partial charge in [-0.25, -0.2) is 0 Å². The lowest BCUT2D eigenvalue weighted by Gasteiger charge is -2.67. The molecule has 0 amide bonds. The van der Waals surface area contributed by atoms with E-state index in [-0.39, 0.29) is 11.8 Å². The van der Waals surface area contributed by atoms with Gasteiger partial charge in [0.2, 0.25) is 0 Å². The lowest BCUT2D eigenvalue weighted by molar-refractivity contribution is -0.0785. The Morgan fingerprint density at radius 3 is 1.23 bits per heavy atom. The van der Waals surface area contributed by atoms with Crippen LogP contribution in [-0.4, -0.2) is 0 Å². The molecule has 0 bridgehead atoms. The quantitative estimate of drug-likeness (QED) is 0.435. The summed E-state index contributed by atoms with van der Waals surface area (Å²) in [6, 6.07) is 30.3. The molecule has 4 heteroatoms. The second kappa shape index (κ2) is 8.68. The second-order valence-electron chi connectivity index (χ2n) is 11.2. The fourth-order valence-corrected chi connectivity index (χ4v) is 8.37. The molecule has 0 N–H and O–H groups in total. The number of fused-ring (bicyclic) bond motifs is 6. The van der Waals surface area contributed by atoms with Gasteiger partial charge in [0.25, 0.3) is 0 Å². The molecule has 6 atom stereocenters. The summed E-state index contributed by atoms with van der Waals surface area (Å²) in [5.74, 6) is -2.31. The standard InChI is InChI=1S/C36H24N4/c37-19-35(20-38)27-17-9-7-15-25(27)29(23-11-3-1-4-12-23)31-32-30(24-13-5-2-6-14-24)26-16-8-10-18-28(26)36(21-39,22-40)34(32)33(31)35/h1-18,27-28,31-34H/t27?,28?,31?,32?,33-,34-/m1/s1. The minimum absolute atomic E-state index is 0.210. The van der Waals surface area contributed by atoms with E-state index in [9.17, 15) is 21.0 Å². The first kappa shape index (κ1) is 23.9. The number of rotatable bonds is 2. The molecular weight excluding hydrogens is 488 g/mol. The Morgan fingerprint density at radius 2 is 0.875 bits per heavy atom. The third-order valence-electron chi connectivity index (χ3n) is 9.83. The Kier molecular flexibility index (Phi) is 5.19. The van der Waals surface area contributed by atoms with Gasteiger partial charge in [0.1, 0.15) is 0 Å². The van der Waals surface area contributed by atoms with E-state index in [4.69, 9.17) is 0 Å². The molecule has 2 aromatic carbocycles. The summed E-state index contributed by atoms with van der Waals surface area (Å²) in [4.78, 5) is 0. The molecule has 0 saturated heterocycles. The molecule has 0 aliphatic heterocycles. The maximum atomic E-state index is 10.8. The monoisotopic (exact) mass is 512 g/mol. The average molecular weight is 513 g/mol. The number of hydrogen-bond donors (Lipinski definition) is 0. The Balaban J connectivity index is 1.60. The van der Waals surface area contributed by atoms with Crippen molar-refractivity contribution in [1.29, 1.82) is 21.0 Å². The van der Waals surface area contributed by atoms with Crippen LogP contribution in [0.3, 0.4) is 0 Å². The SMILES string of the molecule is N#CC1(C#N)C2C=CC=CC2=C(c2ccccc2)C2C3C(c4ccccc4)=C4C=CC=CC4C(C#N)(C#N)[C@H]3[C@@H]21. The number of nitriles is 4. The van der Waals surface area contributed by atoms with E-state index in [1.807, 2.05) is 85.0 Å². The molecule has 0 radical (unpaired) electrons. The third-order valence-corrected chi connectivity index (χ3v) is 9.83. The molecule has 1 fully saturated rings. The summed E-state index contributed by atoms with van der Waals surface area (Å²) in [6.45, 7) is 0. The van der Waals surface area contributed by atoms with E-state index in [2.05, 4.69) is 48.5 Å². The molecule has 0 aromatic heterocycles. The molecule has 7 rings (SSSR count). The Bertz CT molecular complexity index is 1610. The van der Waals surface area contributed by atoms with Gasteiger partial charge in [-0.15, -0.1) is 0 Å². The van der Waals surface area contributed by atoms with E-state index in [0.29, 0.717) is 0 Å². The van der Waals surface area contributed by atoms with Crippen LogP contribution in [0.5, 0.6) is 0 Å². The topological polar surface area (TPSA) is 95.2 Å². The first-order valence-electron chi connectivity index (χ1n) is 13.6. The zero-order valence-electron chi connectivity index (χ0n) is 21.6. The van der Waals surface area contributed by atoms with Gasteiger partial charge in [-0.2, -0.15) is 21.0 Å². The van der Waals surface area contributed by atoms with E-state index in [1.165, 1.54) is 0 Å². The van der Waals surface area contributed by atoms with Crippen molar-refractivity contribution in [3.05, 3.63) is 132 Å². The van der Waals surface area contributed by atoms with Crippen molar-refractivity contribution in [1.82, 2.24) is 0 Å². The first-order valence-corrected chi connectivity index (χ1v) is 13.6. The van der Waals surface area contributed by atoms with Crippen LogP contribution in [0.15, 0.2) is 120 Å². The molecule has 0 heterocycles. The second-order valence-corrected chi connectivity index (χ2v) is 11.2. The molecule has 5 aliphatic carbocycles. The molecule has 1 saturated carbocycles. The van der Waals surface area contributed by atoms with Crippen LogP contribution in [0.4, 0.5) is 0 Å². The molecular formula is C36H24N4. The maximum absolute atomic E-state index is 10.8. The normalized spacial score (nSPS) is 31.2. The van der Waals surface area contributed by atoms with Crippen LogP contribution in [0.25, 0.3) is 11.1 Å². The van der Waals surface area contributed by atoms with Crippen LogP contribution in [-0.2, 0) is 0 Å². The van der Waals surface area contributed by atoms with E-state index in [1.54, 1.807) is 0 Å². The van der Waals surface area contributed by atoms with E-state index >= 15 is 0 Å². The highest BCUT2D eigenvalue weighted by Crippen LogP contribution is 2.75. The molecule has 188 valence electrons. The number of nitrogens with zero attached hydrogens (tertiary/aromatic N) is 4. The minimum atomic E-state index is -1.41. The number of hydrogen-bond acceptors (Lipinski definition) is 4. The molecule has 40 heavy (non-hydrogen) atoms. The summed E-state index contributed by atoms with van der Waals surface area (Å²) < 4.78 is 0. The maximum Gasteiger partial charge on any atom is 0.157 e. The van der Waals surface area contributed by atoms with Crippen molar-refractivity contribution in [2.75, 3.05) is 0 Å². The van der Waals surface area contributed by atoms with Gasteiger partial charge in [-0.3, -0.25) is 0 Å². The summed E-state index contributed by atoms with van der Waals surface area (Å²) in [5.41, 5.74) is 3.49. The van der Waals surface area contributed by atoms with Crippen LogP contribution in [0.1, 0.15) is 11.1 Å². The van der Waals surface area contributed by atoms with Crippen LogP contribution in [0.2, 0.25) is 0 Å². The van der Waals surface area contributed by atoms with E-state index < -0.39 is 34.5 Å². The minimum Gasteiger partial charge on any atom is -0.197 e. The predicted molar refractivity (Wildman–Crippen MR) is 152 cm³/mol. The Hall–Kier alpha value is -5.16. The molecule has 4 nitrogen and oxygen atoms in total. The van der Waals surface area contributed by atoms with E-state index in [0.717, 1.165) is 33.4 Å². The summed E-state index contributed by atoms with van der Waals surface area (Å²) in [7, 11) is 0. The van der Waals surface area contributed by atoms with Crippen molar-refractivity contribution < 1.29 is 0 Å². The molecule has 5 aliphatic rings. The molecule has 2 aromatic rings. The van der Waals surface area contributed by atoms with Crippen LogP contribution < -0.4 is 0 Å². The van der Waals surface area contributed by atoms with Gasteiger partial charge >= 0.3 is 0 Å². The van der Waals surface area contributed by atoms with Crippen LogP contribution >= 0.6 is 0 Å². The summed E-state index contributed by atoms with van der Waals surface area (Å²) >= 11 is 0. The average Bonchev–Trinajstić information content (AvgIpc) is 3.03. The highest BCUT2D eigenvalue weighted by atomic mass is 14.7.